The Kier molecular flexibility index (Phi) is 43.7. The molecule has 8 heterocycles. The average Bonchev–Trinajstić information content (AvgIpc) is 0.785. The van der Waals surface area contributed by atoms with Crippen molar-refractivity contribution in [3.8, 4) is 90.1 Å². The normalized spacial score (nSPS) is 13.8. The quantitative estimate of drug-likeness (QED) is 0.0240. The molecule has 2 fully saturated rings. The Morgan fingerprint density at radius 3 is 0.780 bits per heavy atom. The van der Waals surface area contributed by atoms with Gasteiger partial charge in [-0.1, -0.05) is 131 Å². The molecule has 141 heavy (non-hydrogen) atoms. The molecule has 730 valence electrons. The van der Waals surface area contributed by atoms with Crippen LogP contribution in [0.1, 0.15) is 209 Å². The van der Waals surface area contributed by atoms with Gasteiger partial charge in [0.1, 0.15) is 0 Å². The van der Waals surface area contributed by atoms with Crippen molar-refractivity contribution in [2.75, 3.05) is 0 Å². The number of nitrogens with zero attached hydrogens (tertiary/aromatic N) is 8. The summed E-state index contributed by atoms with van der Waals surface area (Å²) < 4.78 is 0. The molecule has 2 aliphatic carbocycles. The molecule has 14 rings (SSSR count). The predicted molar refractivity (Wildman–Crippen MR) is 572 cm³/mol. The molecule has 0 aliphatic heterocycles. The van der Waals surface area contributed by atoms with Crippen molar-refractivity contribution in [1.29, 1.82) is 43.3 Å². The Labute approximate surface area is 886 Å². The number of nitrogens with one attached hydrogen (secondary N) is 16. The van der Waals surface area contributed by atoms with Crippen LogP contribution in [0.4, 0.5) is 0 Å². The molecule has 0 spiro atoms. The van der Waals surface area contributed by atoms with Crippen LogP contribution in [0.25, 0.3) is 182 Å². The van der Waals surface area contributed by atoms with Crippen molar-refractivity contribution in [3.05, 3.63) is 378 Å². The molecule has 24 nitrogen and oxygen atoms in total. The molecule has 28 heteroatoms. The van der Waals surface area contributed by atoms with Crippen molar-refractivity contribution in [2.45, 2.75) is 167 Å². The molecular formula is C113H118N24Pt4. The second-order valence-electron chi connectivity index (χ2n) is 33.9. The van der Waals surface area contributed by atoms with Gasteiger partial charge in [-0.2, -0.15) is 0 Å². The summed E-state index contributed by atoms with van der Waals surface area (Å²) in [7, 11) is 0. The van der Waals surface area contributed by atoms with E-state index in [0.29, 0.717) is 151 Å². The summed E-state index contributed by atoms with van der Waals surface area (Å²) in [5.41, 5.74) is 98.5. The van der Waals surface area contributed by atoms with E-state index in [1.165, 1.54) is 12.2 Å². The zero-order valence-corrected chi connectivity index (χ0v) is 90.4. The van der Waals surface area contributed by atoms with Gasteiger partial charge in [0.15, 0.2) is 0 Å². The minimum atomic E-state index is 0. The van der Waals surface area contributed by atoms with E-state index < -0.39 is 0 Å². The van der Waals surface area contributed by atoms with E-state index >= 15 is 0 Å². The van der Waals surface area contributed by atoms with Gasteiger partial charge in [-0.25, -0.2) is 39.9 Å². The first-order valence-electron chi connectivity index (χ1n) is 45.9. The maximum Gasteiger partial charge on any atom is 2.00 e. The van der Waals surface area contributed by atoms with Crippen molar-refractivity contribution < 1.29 is 84.3 Å². The zero-order valence-electron chi connectivity index (χ0n) is 81.3. The minimum absolute atomic E-state index is 0. The SMILES string of the molecule is CC(=N)/C=C(\[NH-])c1cccc(-c2cccc(-c3cccc(/C([NH-])=C/C(C)=N)n3)c2)n1.CCC(=N)/C(C)=C(\[NH-])c1cccc(-c2cc(-c3cccc(/C([NH-])=C(\C)C(=N)CC)n3)c(C)cc2C)n1.CCC(=N)/C(C)=C(\[NH-])c1cccc(-c2cc(C)cc(-c3cccc(/C([NH-])=C(\C)C(=N)CC)n3)c2)n1.N=C1CCCC/C1=C(/[NH-])c1cccc(-c2cccc(-c3cccc(/C([NH-])=C4\CCCCC4=N)n3)c2)n1.[Pt+2].[Pt+2].[Pt+2].[Pt+2]. The van der Waals surface area contributed by atoms with Crippen molar-refractivity contribution in [2.24, 2.45) is 0 Å². The summed E-state index contributed by atoms with van der Waals surface area (Å²) in [5, 5.41) is 63.9. The van der Waals surface area contributed by atoms with Gasteiger partial charge in [0.25, 0.3) is 0 Å². The third-order valence-electron chi connectivity index (χ3n) is 23.8. The van der Waals surface area contributed by atoms with Crippen LogP contribution in [-0.4, -0.2) is 85.6 Å². The number of benzene rings is 4. The number of allylic oxidation sites excluding steroid dienone is 8. The first-order chi connectivity index (χ1) is 65.6. The van der Waals surface area contributed by atoms with Crippen LogP contribution < -0.4 is 0 Å². The largest absolute Gasteiger partial charge is 2.00 e. The molecule has 0 atom stereocenters. The van der Waals surface area contributed by atoms with Gasteiger partial charge in [-0.15, -0.1) is 45.6 Å². The standard InChI is InChI=1S/C30H30N6.C30H34N6.C29H32N6.C24H22N6.4Pt/c31-23-12-3-1-10-21(23)29(33)27-16-6-14-25(35-27)19-8-5-9-20(18-19)26-15-7-17-28(36-26)30(34)22-11-2-4-13-24(22)32;1-7-23(31)19(5)29(33)27-13-9-11-25(35-27)21-16-22(18(4)15-17(21)3)26-12-10-14-28(36-26)30(34)20(6)24(32)8-2;1-6-22(30)18(4)28(32)26-12-8-10-24(34-26)20-14-17(3)15-21(16-20)25-11-9-13-27(35-25)29(33)19(5)23(31)7-2;1-15(25)12-19(27)23-10-4-8-21(29-23)17-6-3-7-18(14-17)22-9-5-11-24(30-22)20(28)13-16(2)26;;;;/h5-9,14-18,31-34H,1-4,10-13H2;9-16,31-34H,7-8H2,1-6H3;8-16,30-33H,6-7H2,1-5H3;3-14,25-28H,1-2H3;;;;/q4*-2;4*+2/b29-21-,30-22-,31-23?,32-24?;29-19-,30-20-,31-23?,32-24?;28-18-,29-19-,30-22?,31-23?;19-12-,20-13-,25-15?,26-16?;;;;. The molecule has 0 bridgehead atoms. The van der Waals surface area contributed by atoms with E-state index in [4.69, 9.17) is 119 Å². The van der Waals surface area contributed by atoms with Gasteiger partial charge in [0.2, 0.25) is 0 Å². The molecule has 8 aromatic heterocycles. The van der Waals surface area contributed by atoms with E-state index in [9.17, 15) is 0 Å². The van der Waals surface area contributed by atoms with Crippen LogP contribution in [0.3, 0.4) is 0 Å². The van der Waals surface area contributed by atoms with Gasteiger partial charge in [0.05, 0.1) is 45.6 Å². The third-order valence-corrected chi connectivity index (χ3v) is 23.8. The molecule has 4 aromatic carbocycles. The zero-order chi connectivity index (χ0) is 99.0. The first-order valence-corrected chi connectivity index (χ1v) is 45.9. The molecule has 12 aromatic rings. The molecule has 0 radical (unpaired) electrons. The summed E-state index contributed by atoms with van der Waals surface area (Å²) in [4.78, 5) is 37.7. The van der Waals surface area contributed by atoms with Crippen molar-refractivity contribution >= 4 is 91.3 Å². The van der Waals surface area contributed by atoms with E-state index in [2.05, 4.69) is 34.2 Å². The first kappa shape index (κ1) is 114. The Balaban J connectivity index is 0.000000254. The van der Waals surface area contributed by atoms with E-state index in [1.54, 1.807) is 65.8 Å². The fraction of sp³-hybridized carbons (Fsp3) is 0.221. The number of pyridine rings is 8. The summed E-state index contributed by atoms with van der Waals surface area (Å²) in [6, 6.07) is 71.0. The predicted octanol–water partition coefficient (Wildman–Crippen LogP) is 32.6. The van der Waals surface area contributed by atoms with Crippen molar-refractivity contribution in [1.82, 2.24) is 39.9 Å². The molecular weight excluding hydrogens is 2470 g/mol. The fourth-order valence-corrected chi connectivity index (χ4v) is 15.7. The van der Waals surface area contributed by atoms with Crippen LogP contribution in [0.15, 0.2) is 270 Å². The Bertz CT molecular complexity index is 6590. The van der Waals surface area contributed by atoms with Gasteiger partial charge in [-0.3, -0.25) is 0 Å². The van der Waals surface area contributed by atoms with Crippen LogP contribution in [0.5, 0.6) is 0 Å². The summed E-state index contributed by atoms with van der Waals surface area (Å²) >= 11 is 0. The van der Waals surface area contributed by atoms with E-state index in [1.807, 2.05) is 224 Å². The number of rotatable bonds is 26. The van der Waals surface area contributed by atoms with Gasteiger partial charge in [0, 0.05) is 136 Å². The summed E-state index contributed by atoms with van der Waals surface area (Å²) in [6.45, 7) is 24.2. The second-order valence-corrected chi connectivity index (χ2v) is 33.9. The molecule has 2 aliphatic rings. The van der Waals surface area contributed by atoms with Crippen LogP contribution in [-0.2, 0) is 84.3 Å². The summed E-state index contributed by atoms with van der Waals surface area (Å²) in [5.74, 6) is 0. The molecule has 16 N–H and O–H groups in total. The van der Waals surface area contributed by atoms with Gasteiger partial charge >= 0.3 is 84.3 Å². The van der Waals surface area contributed by atoms with Crippen LogP contribution in [0.2, 0.25) is 0 Å². The minimum Gasteiger partial charge on any atom is -0.697 e. The van der Waals surface area contributed by atoms with Gasteiger partial charge in [-0.05, 0) is 323 Å². The van der Waals surface area contributed by atoms with Crippen LogP contribution in [0, 0.1) is 64.0 Å². The van der Waals surface area contributed by atoms with Crippen LogP contribution >= 0.6 is 0 Å². The number of hydrogen-bond donors (Lipinski definition) is 8. The Morgan fingerprint density at radius 1 is 0.277 bits per heavy atom. The number of hydrogen-bond acceptors (Lipinski definition) is 16. The van der Waals surface area contributed by atoms with E-state index in [0.717, 1.165) is 169 Å². The Morgan fingerprint density at radius 2 is 0.504 bits per heavy atom. The average molecular weight is 2590 g/mol. The second kappa shape index (κ2) is 53.8. The molecule has 2 saturated carbocycles. The monoisotopic (exact) mass is 2590 g/mol. The maximum absolute atomic E-state index is 8.67. The molecule has 0 amide bonds. The fourth-order valence-electron chi connectivity index (χ4n) is 15.7. The molecule has 0 unspecified atom stereocenters. The van der Waals surface area contributed by atoms with E-state index in [-0.39, 0.29) is 118 Å². The number of aromatic nitrogens is 8. The smallest absolute Gasteiger partial charge is 0.697 e. The Hall–Kier alpha value is -13.5. The topological polar surface area (TPSA) is 484 Å². The molecule has 0 saturated heterocycles. The van der Waals surface area contributed by atoms with Crippen molar-refractivity contribution in [3.63, 3.8) is 0 Å². The third kappa shape index (κ3) is 29.8. The number of aryl methyl sites for hydroxylation is 3. The van der Waals surface area contributed by atoms with Gasteiger partial charge < -0.3 is 89.1 Å². The summed E-state index contributed by atoms with van der Waals surface area (Å²) in [6.07, 6.45) is 12.4. The maximum atomic E-state index is 8.67.